The van der Waals surface area contributed by atoms with Crippen molar-refractivity contribution in [3.8, 4) is 6.07 Å². The molecule has 0 bridgehead atoms. The molecule has 0 radical (unpaired) electrons. The minimum Gasteiger partial charge on any atom is -0.318 e. The number of halogens is 1. The second kappa shape index (κ2) is 7.94. The predicted molar refractivity (Wildman–Crippen MR) is 120 cm³/mol. The van der Waals surface area contributed by atoms with Crippen molar-refractivity contribution in [2.45, 2.75) is 49.5 Å². The number of aryl methyl sites for hydroxylation is 3. The third kappa shape index (κ3) is 3.85. The summed E-state index contributed by atoms with van der Waals surface area (Å²) in [5.41, 5.74) is 3.24. The van der Waals surface area contributed by atoms with Crippen LogP contribution in [-0.4, -0.2) is 19.0 Å². The topological polar surface area (TPSA) is 74.9 Å². The van der Waals surface area contributed by atoms with E-state index in [2.05, 4.69) is 26.7 Å². The van der Waals surface area contributed by atoms with E-state index >= 15 is 0 Å². The summed E-state index contributed by atoms with van der Waals surface area (Å²) in [5, 5.41) is 11.1. The highest BCUT2D eigenvalue weighted by molar-refractivity contribution is 9.09. The van der Waals surface area contributed by atoms with E-state index in [9.17, 15) is 13.7 Å². The number of nitriles is 1. The molecule has 0 spiro atoms. The minimum absolute atomic E-state index is 0.270. The molecule has 0 aliphatic rings. The first-order chi connectivity index (χ1) is 13.6. The van der Waals surface area contributed by atoms with Gasteiger partial charge in [-0.1, -0.05) is 42.8 Å². The zero-order chi connectivity index (χ0) is 21.4. The Labute approximate surface area is 180 Å². The number of aromatic nitrogens is 1. The van der Waals surface area contributed by atoms with Gasteiger partial charge in [-0.15, -0.1) is 0 Å². The summed E-state index contributed by atoms with van der Waals surface area (Å²) in [5.74, 6) is 0. The summed E-state index contributed by atoms with van der Waals surface area (Å²) in [7, 11) is -3.83. The number of nitrogens with zero attached hydrogens (tertiary/aromatic N) is 2. The first kappa shape index (κ1) is 21.6. The van der Waals surface area contributed by atoms with E-state index in [0.717, 1.165) is 16.5 Å². The van der Waals surface area contributed by atoms with Crippen molar-refractivity contribution in [2.75, 3.05) is 0 Å². The number of para-hydroxylation sites is 1. The molecule has 5 nitrogen and oxygen atoms in total. The summed E-state index contributed by atoms with van der Waals surface area (Å²) in [4.78, 5) is 0.270. The van der Waals surface area contributed by atoms with E-state index in [1.165, 1.54) is 0 Å². The van der Waals surface area contributed by atoms with Crippen LogP contribution in [0, 0.1) is 32.1 Å². The number of hydrogen-bond acceptors (Lipinski definition) is 3. The van der Waals surface area contributed by atoms with E-state index < -0.39 is 20.5 Å². The average Bonchev–Trinajstić information content (AvgIpc) is 3.09. The molecule has 0 aliphatic carbocycles. The summed E-state index contributed by atoms with van der Waals surface area (Å²) < 4.78 is 29.9. The standard InChI is InChI=1S/C22H24BrN3O2S/c1-5-20(25-29(27,28)21-16(3)12-15(2)13-17(21)4)22(23,14-24)26-11-10-18-8-6-7-9-19(18)26/h6-13,20,25H,5H2,1-4H3. The van der Waals surface area contributed by atoms with E-state index in [1.54, 1.807) is 18.4 Å². The van der Waals surface area contributed by atoms with Crippen LogP contribution in [0.4, 0.5) is 0 Å². The molecule has 7 heteroatoms. The van der Waals surface area contributed by atoms with Gasteiger partial charge in [0.05, 0.1) is 16.5 Å². The summed E-state index contributed by atoms with van der Waals surface area (Å²) in [6, 6.07) is 14.9. The quantitative estimate of drug-likeness (QED) is 0.517. The summed E-state index contributed by atoms with van der Waals surface area (Å²) >= 11 is 3.57. The van der Waals surface area contributed by atoms with Gasteiger partial charge < -0.3 is 4.57 Å². The molecule has 0 amide bonds. The summed E-state index contributed by atoms with van der Waals surface area (Å²) in [6.07, 6.45) is 2.23. The molecular weight excluding hydrogens is 450 g/mol. The van der Waals surface area contributed by atoms with Crippen molar-refractivity contribution < 1.29 is 8.42 Å². The third-order valence-corrected chi connectivity index (χ3v) is 8.04. The molecule has 29 heavy (non-hydrogen) atoms. The lowest BCUT2D eigenvalue weighted by atomic mass is 10.1. The van der Waals surface area contributed by atoms with Crippen LogP contribution in [0.2, 0.25) is 0 Å². The molecule has 1 aromatic heterocycles. The zero-order valence-corrected chi connectivity index (χ0v) is 19.3. The van der Waals surface area contributed by atoms with Crippen LogP contribution in [0.1, 0.15) is 30.0 Å². The van der Waals surface area contributed by atoms with E-state index in [-0.39, 0.29) is 4.90 Å². The van der Waals surface area contributed by atoms with Crippen LogP contribution in [-0.2, 0) is 14.5 Å². The normalized spacial score (nSPS) is 15.0. The number of hydrogen-bond donors (Lipinski definition) is 1. The number of alkyl halides is 1. The molecule has 2 atom stereocenters. The minimum atomic E-state index is -3.83. The maximum atomic E-state index is 13.3. The first-order valence-corrected chi connectivity index (χ1v) is 11.7. The van der Waals surface area contributed by atoms with Crippen molar-refractivity contribution in [3.63, 3.8) is 0 Å². The predicted octanol–water partition coefficient (Wildman–Crippen LogP) is 4.89. The van der Waals surface area contributed by atoms with Crippen LogP contribution in [0.5, 0.6) is 0 Å². The molecule has 3 rings (SSSR count). The van der Waals surface area contributed by atoms with Crippen LogP contribution in [0.15, 0.2) is 53.6 Å². The van der Waals surface area contributed by atoms with Crippen molar-refractivity contribution in [1.29, 1.82) is 5.26 Å². The van der Waals surface area contributed by atoms with Crippen molar-refractivity contribution in [3.05, 3.63) is 65.4 Å². The smallest absolute Gasteiger partial charge is 0.241 e. The highest BCUT2D eigenvalue weighted by atomic mass is 79.9. The van der Waals surface area contributed by atoms with Gasteiger partial charge in [-0.25, -0.2) is 13.1 Å². The Morgan fingerprint density at radius 1 is 1.17 bits per heavy atom. The fourth-order valence-corrected chi connectivity index (χ4v) is 6.63. The second-order valence-corrected chi connectivity index (χ2v) is 10.2. The van der Waals surface area contributed by atoms with Gasteiger partial charge >= 0.3 is 0 Å². The highest BCUT2D eigenvalue weighted by Crippen LogP contribution is 2.35. The number of rotatable bonds is 6. The van der Waals surface area contributed by atoms with Crippen LogP contribution in [0.25, 0.3) is 10.9 Å². The molecule has 0 saturated heterocycles. The lowest BCUT2D eigenvalue weighted by molar-refractivity contribution is 0.420. The number of fused-ring (bicyclic) bond motifs is 1. The number of nitrogens with one attached hydrogen (secondary N) is 1. The van der Waals surface area contributed by atoms with Gasteiger partial charge in [-0.2, -0.15) is 5.26 Å². The third-order valence-electron chi connectivity index (χ3n) is 5.15. The molecule has 0 fully saturated rings. The van der Waals surface area contributed by atoms with Crippen molar-refractivity contribution in [1.82, 2.24) is 9.29 Å². The van der Waals surface area contributed by atoms with Gasteiger partial charge in [-0.05, 0) is 71.8 Å². The Balaban J connectivity index is 2.08. The lowest BCUT2D eigenvalue weighted by Gasteiger charge is -2.32. The largest absolute Gasteiger partial charge is 0.318 e. The Kier molecular flexibility index (Phi) is 5.91. The van der Waals surface area contributed by atoms with Crippen molar-refractivity contribution >= 4 is 36.9 Å². The molecule has 3 aromatic rings. The van der Waals surface area contributed by atoms with Crippen LogP contribution in [0.3, 0.4) is 0 Å². The second-order valence-electron chi connectivity index (χ2n) is 7.34. The fraction of sp³-hybridized carbons (Fsp3) is 0.318. The Bertz CT molecular complexity index is 1190. The molecule has 152 valence electrons. The molecule has 1 N–H and O–H groups in total. The molecular formula is C22H24BrN3O2S. The monoisotopic (exact) mass is 473 g/mol. The van der Waals surface area contributed by atoms with Gasteiger partial charge in [0.1, 0.15) is 6.07 Å². The molecule has 2 aromatic carbocycles. The van der Waals surface area contributed by atoms with Gasteiger partial charge in [0, 0.05) is 6.20 Å². The molecule has 0 saturated carbocycles. The van der Waals surface area contributed by atoms with Crippen molar-refractivity contribution in [2.24, 2.45) is 0 Å². The van der Waals surface area contributed by atoms with E-state index in [0.29, 0.717) is 17.5 Å². The van der Waals surface area contributed by atoms with E-state index in [1.807, 2.05) is 62.5 Å². The highest BCUT2D eigenvalue weighted by Gasteiger charge is 2.41. The van der Waals surface area contributed by atoms with Gasteiger partial charge in [-0.3, -0.25) is 0 Å². The Hall–Kier alpha value is -2.14. The maximum absolute atomic E-state index is 13.3. The Morgan fingerprint density at radius 2 is 1.79 bits per heavy atom. The molecule has 1 heterocycles. The summed E-state index contributed by atoms with van der Waals surface area (Å²) in [6.45, 7) is 7.39. The van der Waals surface area contributed by atoms with Gasteiger partial charge in [0.2, 0.25) is 14.5 Å². The maximum Gasteiger partial charge on any atom is 0.241 e. The fourth-order valence-electron chi connectivity index (χ4n) is 3.94. The van der Waals surface area contributed by atoms with Gasteiger partial charge in [0.25, 0.3) is 0 Å². The average molecular weight is 474 g/mol. The number of benzene rings is 2. The van der Waals surface area contributed by atoms with Gasteiger partial charge in [0.15, 0.2) is 0 Å². The zero-order valence-electron chi connectivity index (χ0n) is 16.9. The van der Waals surface area contributed by atoms with Crippen LogP contribution >= 0.6 is 15.9 Å². The van der Waals surface area contributed by atoms with E-state index in [4.69, 9.17) is 0 Å². The number of sulfonamides is 1. The SMILES string of the molecule is CCC(NS(=O)(=O)c1c(C)cc(C)cc1C)C(Br)(C#N)n1ccc2ccccc21. The lowest BCUT2D eigenvalue weighted by Crippen LogP contribution is -2.49. The Morgan fingerprint density at radius 3 is 2.38 bits per heavy atom. The molecule has 2 unspecified atom stereocenters. The first-order valence-electron chi connectivity index (χ1n) is 9.41. The molecule has 0 aliphatic heterocycles. The van der Waals surface area contributed by atoms with Crippen LogP contribution < -0.4 is 4.72 Å².